The molecule has 4 amide bonds. The number of amides is 4. The van der Waals surface area contributed by atoms with Crippen molar-refractivity contribution in [1.82, 2.24) is 21.3 Å². The van der Waals surface area contributed by atoms with Gasteiger partial charge in [0.2, 0.25) is 11.8 Å². The highest BCUT2D eigenvalue weighted by atomic mass is 32.2. The quantitative estimate of drug-likeness (QED) is 0.109. The second-order valence-electron chi connectivity index (χ2n) is 5.59. The SMILES string of the molecule is COC(=O)[C@H](CSCNC(C)=O)NC(=O)C(=O)N[C@@H](CSCNC(C)=O)C(=O)OC. The van der Waals surface area contributed by atoms with Gasteiger partial charge in [-0.1, -0.05) is 0 Å². The van der Waals surface area contributed by atoms with Crippen LogP contribution in [0.5, 0.6) is 0 Å². The summed E-state index contributed by atoms with van der Waals surface area (Å²) in [6, 6.07) is -2.28. The van der Waals surface area contributed by atoms with Crippen molar-refractivity contribution in [1.29, 1.82) is 0 Å². The topological polar surface area (TPSA) is 169 Å². The molecule has 0 heterocycles. The summed E-state index contributed by atoms with van der Waals surface area (Å²) in [6.45, 7) is 2.66. The Kier molecular flexibility index (Phi) is 14.1. The van der Waals surface area contributed by atoms with Crippen molar-refractivity contribution in [3.8, 4) is 0 Å². The van der Waals surface area contributed by atoms with Crippen LogP contribution in [0.15, 0.2) is 0 Å². The third-order valence-electron chi connectivity index (χ3n) is 3.20. The summed E-state index contributed by atoms with van der Waals surface area (Å²) < 4.78 is 9.19. The summed E-state index contributed by atoms with van der Waals surface area (Å²) in [4.78, 5) is 69.7. The molecule has 0 saturated heterocycles. The van der Waals surface area contributed by atoms with Gasteiger partial charge >= 0.3 is 23.8 Å². The Labute approximate surface area is 182 Å². The fourth-order valence-electron chi connectivity index (χ4n) is 1.73. The molecule has 30 heavy (non-hydrogen) atoms. The molecule has 0 aromatic heterocycles. The van der Waals surface area contributed by atoms with Gasteiger partial charge in [0.1, 0.15) is 12.1 Å². The van der Waals surface area contributed by atoms with Gasteiger partial charge in [-0.25, -0.2) is 9.59 Å². The van der Waals surface area contributed by atoms with Crippen LogP contribution in [0, 0.1) is 0 Å². The van der Waals surface area contributed by atoms with Crippen molar-refractivity contribution in [2.75, 3.05) is 37.5 Å². The lowest BCUT2D eigenvalue weighted by molar-refractivity contribution is -0.148. The second-order valence-corrected chi connectivity index (χ2v) is 7.66. The Morgan fingerprint density at radius 2 is 1.03 bits per heavy atom. The van der Waals surface area contributed by atoms with Gasteiger partial charge < -0.3 is 30.7 Å². The minimum atomic E-state index is -1.15. The molecular formula is C16H26N4O8S2. The minimum Gasteiger partial charge on any atom is -0.467 e. The van der Waals surface area contributed by atoms with Crippen LogP contribution in [-0.2, 0) is 38.2 Å². The molecule has 0 saturated carbocycles. The van der Waals surface area contributed by atoms with Gasteiger partial charge in [-0.2, -0.15) is 0 Å². The normalized spacial score (nSPS) is 12.0. The highest BCUT2D eigenvalue weighted by Gasteiger charge is 2.28. The summed E-state index contributed by atoms with van der Waals surface area (Å²) in [6.07, 6.45) is 0. The van der Waals surface area contributed by atoms with E-state index in [9.17, 15) is 28.8 Å². The van der Waals surface area contributed by atoms with Crippen LogP contribution in [0.4, 0.5) is 0 Å². The van der Waals surface area contributed by atoms with Gasteiger partial charge in [-0.3, -0.25) is 19.2 Å². The fourth-order valence-corrected chi connectivity index (χ4v) is 3.48. The summed E-state index contributed by atoms with van der Waals surface area (Å²) >= 11 is 2.27. The zero-order chi connectivity index (χ0) is 23.1. The Morgan fingerprint density at radius 1 is 0.700 bits per heavy atom. The molecule has 0 radical (unpaired) electrons. The van der Waals surface area contributed by atoms with E-state index in [4.69, 9.17) is 0 Å². The third kappa shape index (κ3) is 12.2. The van der Waals surface area contributed by atoms with Crippen molar-refractivity contribution < 1.29 is 38.2 Å². The van der Waals surface area contributed by atoms with E-state index in [1.807, 2.05) is 0 Å². The number of rotatable bonds is 12. The lowest BCUT2D eigenvalue weighted by Gasteiger charge is -2.18. The first-order chi connectivity index (χ1) is 14.1. The fraction of sp³-hybridized carbons (Fsp3) is 0.625. The van der Waals surface area contributed by atoms with E-state index < -0.39 is 35.8 Å². The molecule has 0 aliphatic heterocycles. The van der Waals surface area contributed by atoms with E-state index in [0.717, 1.165) is 37.7 Å². The maximum Gasteiger partial charge on any atom is 0.329 e. The number of esters is 2. The van der Waals surface area contributed by atoms with Crippen LogP contribution >= 0.6 is 23.5 Å². The van der Waals surface area contributed by atoms with Crippen molar-refractivity contribution in [3.05, 3.63) is 0 Å². The average molecular weight is 467 g/mol. The molecule has 2 atom stereocenters. The highest BCUT2D eigenvalue weighted by molar-refractivity contribution is 7.99. The predicted molar refractivity (Wildman–Crippen MR) is 110 cm³/mol. The van der Waals surface area contributed by atoms with Gasteiger partial charge in [-0.05, 0) is 0 Å². The minimum absolute atomic E-state index is 0.0406. The van der Waals surface area contributed by atoms with Gasteiger partial charge in [0, 0.05) is 25.4 Å². The first-order valence-electron chi connectivity index (χ1n) is 8.53. The Morgan fingerprint density at radius 3 is 1.30 bits per heavy atom. The number of hydrogen-bond donors (Lipinski definition) is 4. The molecule has 170 valence electrons. The van der Waals surface area contributed by atoms with Crippen LogP contribution in [0.1, 0.15) is 13.8 Å². The van der Waals surface area contributed by atoms with E-state index in [-0.39, 0.29) is 35.1 Å². The molecule has 0 bridgehead atoms. The number of ether oxygens (including phenoxy) is 2. The zero-order valence-corrected chi connectivity index (χ0v) is 18.7. The maximum absolute atomic E-state index is 12.2. The molecule has 0 fully saturated rings. The second kappa shape index (κ2) is 15.4. The van der Waals surface area contributed by atoms with Crippen molar-refractivity contribution in [3.63, 3.8) is 0 Å². The lowest BCUT2D eigenvalue weighted by Crippen LogP contribution is -2.53. The first-order valence-corrected chi connectivity index (χ1v) is 10.8. The van der Waals surface area contributed by atoms with Crippen LogP contribution in [-0.4, -0.2) is 85.1 Å². The summed E-state index contributed by atoms with van der Waals surface area (Å²) in [5, 5.41) is 9.47. The molecule has 12 nitrogen and oxygen atoms in total. The molecule has 0 aliphatic carbocycles. The maximum atomic E-state index is 12.2. The highest BCUT2D eigenvalue weighted by Crippen LogP contribution is 2.05. The molecule has 0 aromatic rings. The zero-order valence-electron chi connectivity index (χ0n) is 17.1. The number of hydrogen-bond acceptors (Lipinski definition) is 10. The number of nitrogens with one attached hydrogen (secondary N) is 4. The number of thioether (sulfide) groups is 2. The Hall–Kier alpha value is -2.48. The third-order valence-corrected chi connectivity index (χ3v) is 5.04. The van der Waals surface area contributed by atoms with E-state index in [0.29, 0.717) is 0 Å². The molecule has 0 unspecified atom stereocenters. The van der Waals surface area contributed by atoms with E-state index in [1.165, 1.54) is 13.8 Å². The largest absolute Gasteiger partial charge is 0.467 e. The molecule has 0 aliphatic rings. The van der Waals surface area contributed by atoms with Crippen molar-refractivity contribution in [2.45, 2.75) is 25.9 Å². The molecular weight excluding hydrogens is 440 g/mol. The predicted octanol–water partition coefficient (Wildman–Crippen LogP) is -2.04. The molecule has 0 rings (SSSR count). The van der Waals surface area contributed by atoms with Gasteiger partial charge in [0.25, 0.3) is 0 Å². The number of carbonyl (C=O) groups is 6. The van der Waals surface area contributed by atoms with Crippen molar-refractivity contribution >= 4 is 59.1 Å². The monoisotopic (exact) mass is 466 g/mol. The number of methoxy groups -OCH3 is 2. The van der Waals surface area contributed by atoms with E-state index in [1.54, 1.807) is 0 Å². The summed E-state index contributed by atoms with van der Waals surface area (Å²) in [7, 11) is 2.25. The van der Waals surface area contributed by atoms with Crippen LogP contribution in [0.2, 0.25) is 0 Å². The Balaban J connectivity index is 4.80. The summed E-state index contributed by atoms with van der Waals surface area (Å²) in [5.74, 6) is -3.89. The standard InChI is InChI=1S/C16H26N4O8S2/c1-9(21)17-7-29-5-11(15(25)27-3)19-13(23)14(24)20-12(16(26)28-4)6-30-8-18-10(2)22/h11-12H,5-8H2,1-4H3,(H,17,21)(H,18,22)(H,19,23)(H,20,24)/t11-,12-/m0/s1. The molecule has 14 heteroatoms. The van der Waals surface area contributed by atoms with E-state index in [2.05, 4.69) is 30.7 Å². The van der Waals surface area contributed by atoms with Crippen LogP contribution < -0.4 is 21.3 Å². The van der Waals surface area contributed by atoms with Crippen molar-refractivity contribution in [2.24, 2.45) is 0 Å². The lowest BCUT2D eigenvalue weighted by atomic mass is 10.3. The molecule has 0 aromatic carbocycles. The van der Waals surface area contributed by atoms with Gasteiger partial charge in [-0.15, -0.1) is 23.5 Å². The van der Waals surface area contributed by atoms with Gasteiger partial charge in [0.05, 0.1) is 26.0 Å². The van der Waals surface area contributed by atoms with Crippen LogP contribution in [0.3, 0.4) is 0 Å². The summed E-state index contributed by atoms with van der Waals surface area (Å²) in [5.41, 5.74) is 0. The van der Waals surface area contributed by atoms with Crippen LogP contribution in [0.25, 0.3) is 0 Å². The smallest absolute Gasteiger partial charge is 0.329 e. The molecule has 0 spiro atoms. The number of carbonyl (C=O) groups excluding carboxylic acids is 6. The first kappa shape index (κ1) is 27.5. The molecule has 4 N–H and O–H groups in total. The Bertz CT molecular complexity index is 593. The van der Waals surface area contributed by atoms with E-state index >= 15 is 0 Å². The average Bonchev–Trinajstić information content (AvgIpc) is 2.70. The van der Waals surface area contributed by atoms with Gasteiger partial charge in [0.15, 0.2) is 0 Å².